The maximum absolute atomic E-state index is 12.0. The molecule has 0 atom stereocenters. The van der Waals surface area contributed by atoms with Gasteiger partial charge >= 0.3 is 0 Å². The number of carbonyl (C=O) groups is 1. The van der Waals surface area contributed by atoms with Crippen molar-refractivity contribution in [3.63, 3.8) is 0 Å². The molecule has 6 heteroatoms. The summed E-state index contributed by atoms with van der Waals surface area (Å²) < 4.78 is 5.09. The Balaban J connectivity index is 1.83. The molecule has 1 heterocycles. The van der Waals surface area contributed by atoms with Gasteiger partial charge in [-0.2, -0.15) is 0 Å². The number of hydrogen-bond donors (Lipinski definition) is 3. The Morgan fingerprint density at radius 3 is 2.52 bits per heavy atom. The molecule has 0 saturated carbocycles. The minimum Gasteiger partial charge on any atom is -0.459 e. The Bertz CT molecular complexity index is 693. The second-order valence-corrected chi connectivity index (χ2v) is 6.31. The minimum atomic E-state index is -0.257. The number of benzene rings is 1. The third kappa shape index (κ3) is 7.56. The molecule has 0 unspecified atom stereocenters. The number of amides is 1. The Hall–Kier alpha value is -2.76. The van der Waals surface area contributed by atoms with Gasteiger partial charge in [0.1, 0.15) is 0 Å². The van der Waals surface area contributed by atoms with E-state index in [9.17, 15) is 4.79 Å². The normalized spacial score (nSPS) is 11.3. The van der Waals surface area contributed by atoms with Crippen LogP contribution in [0.2, 0.25) is 0 Å². The molecular formula is C21H30N4O2. The molecule has 3 N–H and O–H groups in total. The van der Waals surface area contributed by atoms with E-state index in [1.54, 1.807) is 12.1 Å². The van der Waals surface area contributed by atoms with Crippen LogP contribution in [-0.4, -0.2) is 25.0 Å². The van der Waals surface area contributed by atoms with Gasteiger partial charge in [-0.3, -0.25) is 4.79 Å². The number of hydrogen-bond acceptors (Lipinski definition) is 3. The van der Waals surface area contributed by atoms with E-state index < -0.39 is 0 Å². The predicted octanol–water partition coefficient (Wildman–Crippen LogP) is 4.17. The number of furan rings is 1. The third-order valence-electron chi connectivity index (χ3n) is 4.04. The van der Waals surface area contributed by atoms with Gasteiger partial charge in [0.2, 0.25) is 0 Å². The van der Waals surface area contributed by atoms with Gasteiger partial charge in [-0.1, -0.05) is 38.3 Å². The molecule has 0 aliphatic heterocycles. The van der Waals surface area contributed by atoms with Crippen LogP contribution < -0.4 is 16.0 Å². The van der Waals surface area contributed by atoms with Crippen molar-refractivity contribution in [1.82, 2.24) is 10.6 Å². The average Bonchev–Trinajstić information content (AvgIpc) is 3.22. The van der Waals surface area contributed by atoms with Crippen LogP contribution in [0.3, 0.4) is 0 Å². The van der Waals surface area contributed by atoms with Crippen molar-refractivity contribution in [2.75, 3.05) is 18.4 Å². The molecule has 0 aliphatic carbocycles. The second-order valence-electron chi connectivity index (χ2n) is 6.31. The summed E-state index contributed by atoms with van der Waals surface area (Å²) in [7, 11) is 0. The molecule has 0 radical (unpaired) electrons. The van der Waals surface area contributed by atoms with Crippen molar-refractivity contribution in [3.05, 3.63) is 54.0 Å². The van der Waals surface area contributed by atoms with Crippen LogP contribution in [-0.2, 0) is 6.54 Å². The summed E-state index contributed by atoms with van der Waals surface area (Å²) >= 11 is 0. The number of nitrogens with zero attached hydrogens (tertiary/aromatic N) is 1. The highest BCUT2D eigenvalue weighted by Gasteiger charge is 2.08. The Morgan fingerprint density at radius 2 is 1.85 bits per heavy atom. The maximum atomic E-state index is 12.0. The van der Waals surface area contributed by atoms with Gasteiger partial charge in [0, 0.05) is 18.8 Å². The van der Waals surface area contributed by atoms with Crippen LogP contribution in [0, 0.1) is 0 Å². The first-order valence-corrected chi connectivity index (χ1v) is 9.69. The van der Waals surface area contributed by atoms with Crippen LogP contribution in [0.1, 0.15) is 55.6 Å². The molecule has 0 aliphatic rings. The van der Waals surface area contributed by atoms with E-state index in [1.807, 2.05) is 24.3 Å². The summed E-state index contributed by atoms with van der Waals surface area (Å²) in [5, 5.41) is 9.45. The summed E-state index contributed by atoms with van der Waals surface area (Å²) in [5.41, 5.74) is 1.80. The summed E-state index contributed by atoms with van der Waals surface area (Å²) in [6, 6.07) is 11.0. The highest BCUT2D eigenvalue weighted by Crippen LogP contribution is 2.12. The lowest BCUT2D eigenvalue weighted by Gasteiger charge is -2.11. The highest BCUT2D eigenvalue weighted by atomic mass is 16.3. The van der Waals surface area contributed by atoms with Crippen LogP contribution >= 0.6 is 0 Å². The second kappa shape index (κ2) is 11.8. The topological polar surface area (TPSA) is 78.7 Å². The lowest BCUT2D eigenvalue weighted by molar-refractivity contribution is 0.0996. The van der Waals surface area contributed by atoms with Gasteiger partial charge in [0.15, 0.2) is 11.7 Å². The molecule has 2 rings (SSSR count). The molecule has 0 saturated heterocycles. The van der Waals surface area contributed by atoms with E-state index in [0.717, 1.165) is 36.7 Å². The first kappa shape index (κ1) is 20.6. The molecular weight excluding hydrogens is 340 g/mol. The zero-order valence-electron chi connectivity index (χ0n) is 16.3. The summed E-state index contributed by atoms with van der Waals surface area (Å²) in [5.74, 6) is 0.876. The van der Waals surface area contributed by atoms with Gasteiger partial charge < -0.3 is 20.4 Å². The SMILES string of the molecule is CCCCCCNC(=NCc1ccc(NC(=O)c2ccco2)cc1)NCC. The molecule has 0 fully saturated rings. The average molecular weight is 370 g/mol. The summed E-state index contributed by atoms with van der Waals surface area (Å²) in [4.78, 5) is 16.6. The quantitative estimate of drug-likeness (QED) is 0.333. The number of nitrogens with one attached hydrogen (secondary N) is 3. The van der Waals surface area contributed by atoms with Crippen molar-refractivity contribution < 1.29 is 9.21 Å². The maximum Gasteiger partial charge on any atom is 0.291 e. The number of rotatable bonds is 10. The standard InChI is InChI=1S/C21H30N4O2/c1-3-5-6-7-14-23-21(22-4-2)24-16-17-10-12-18(13-11-17)25-20(26)19-9-8-15-27-19/h8-13,15H,3-7,14,16H2,1-2H3,(H,25,26)(H2,22,23,24). The smallest absolute Gasteiger partial charge is 0.291 e. The fraction of sp³-hybridized carbons (Fsp3) is 0.429. The summed E-state index contributed by atoms with van der Waals surface area (Å²) in [6.07, 6.45) is 6.40. The number of anilines is 1. The number of unbranched alkanes of at least 4 members (excludes halogenated alkanes) is 3. The van der Waals surface area contributed by atoms with Crippen molar-refractivity contribution in [2.45, 2.75) is 46.1 Å². The van der Waals surface area contributed by atoms with Crippen molar-refractivity contribution in [3.8, 4) is 0 Å². The van der Waals surface area contributed by atoms with Crippen LogP contribution in [0.4, 0.5) is 5.69 Å². The largest absolute Gasteiger partial charge is 0.459 e. The van der Waals surface area contributed by atoms with Gasteiger partial charge in [-0.05, 0) is 43.2 Å². The lowest BCUT2D eigenvalue weighted by Crippen LogP contribution is -2.37. The Kier molecular flexibility index (Phi) is 8.96. The lowest BCUT2D eigenvalue weighted by atomic mass is 10.2. The fourth-order valence-electron chi connectivity index (χ4n) is 2.56. The monoisotopic (exact) mass is 370 g/mol. The number of carbonyl (C=O) groups excluding carboxylic acids is 1. The molecule has 0 spiro atoms. The van der Waals surface area contributed by atoms with Crippen molar-refractivity contribution >= 4 is 17.6 Å². The molecule has 1 amide bonds. The third-order valence-corrected chi connectivity index (χ3v) is 4.04. The van der Waals surface area contributed by atoms with Gasteiger partial charge in [-0.25, -0.2) is 4.99 Å². The molecule has 1 aromatic carbocycles. The minimum absolute atomic E-state index is 0.257. The van der Waals surface area contributed by atoms with E-state index in [0.29, 0.717) is 12.3 Å². The van der Waals surface area contributed by atoms with E-state index >= 15 is 0 Å². The van der Waals surface area contributed by atoms with Gasteiger partial charge in [0.25, 0.3) is 5.91 Å². The van der Waals surface area contributed by atoms with Crippen molar-refractivity contribution in [1.29, 1.82) is 0 Å². The zero-order valence-corrected chi connectivity index (χ0v) is 16.3. The Labute approximate surface area is 161 Å². The van der Waals surface area contributed by atoms with E-state index in [1.165, 1.54) is 25.5 Å². The molecule has 1 aromatic heterocycles. The van der Waals surface area contributed by atoms with E-state index in [2.05, 4.69) is 34.8 Å². The van der Waals surface area contributed by atoms with E-state index in [4.69, 9.17) is 4.42 Å². The fourth-order valence-corrected chi connectivity index (χ4v) is 2.56. The van der Waals surface area contributed by atoms with Gasteiger partial charge in [0.05, 0.1) is 12.8 Å². The number of aliphatic imine (C=N–C) groups is 1. The van der Waals surface area contributed by atoms with Crippen LogP contribution in [0.15, 0.2) is 52.1 Å². The molecule has 27 heavy (non-hydrogen) atoms. The Morgan fingerprint density at radius 1 is 1.04 bits per heavy atom. The highest BCUT2D eigenvalue weighted by molar-refractivity contribution is 6.02. The first-order valence-electron chi connectivity index (χ1n) is 9.69. The molecule has 2 aromatic rings. The van der Waals surface area contributed by atoms with Crippen LogP contribution in [0.5, 0.6) is 0 Å². The van der Waals surface area contributed by atoms with Crippen LogP contribution in [0.25, 0.3) is 0 Å². The molecule has 146 valence electrons. The number of guanidine groups is 1. The zero-order chi connectivity index (χ0) is 19.3. The van der Waals surface area contributed by atoms with Gasteiger partial charge in [-0.15, -0.1) is 0 Å². The van der Waals surface area contributed by atoms with Crippen molar-refractivity contribution in [2.24, 2.45) is 4.99 Å². The first-order chi connectivity index (χ1) is 13.2. The van der Waals surface area contributed by atoms with E-state index in [-0.39, 0.29) is 5.91 Å². The molecule has 6 nitrogen and oxygen atoms in total. The summed E-state index contributed by atoms with van der Waals surface area (Å²) in [6.45, 7) is 6.62. The predicted molar refractivity (Wildman–Crippen MR) is 110 cm³/mol. The molecule has 0 bridgehead atoms.